The first kappa shape index (κ1) is 13.3. The van der Waals surface area contributed by atoms with Gasteiger partial charge in [0.25, 0.3) is 0 Å². The molecule has 2 aromatic carbocycles. The van der Waals surface area contributed by atoms with Crippen molar-refractivity contribution in [2.75, 3.05) is 0 Å². The normalized spacial score (nSPS) is 10.4. The van der Waals surface area contributed by atoms with Crippen molar-refractivity contribution in [3.63, 3.8) is 0 Å². The Morgan fingerprint density at radius 2 is 1.83 bits per heavy atom. The topological polar surface area (TPSA) is 17.1 Å². The Bertz CT molecular complexity index is 581. The number of carbonyl (C=O) groups excluding carboxylic acids is 1. The number of hydrogen-bond donors (Lipinski definition) is 0. The minimum atomic E-state index is -0.365. The molecule has 0 fully saturated rings. The number of hydrogen-bond acceptors (Lipinski definition) is 2. The van der Waals surface area contributed by atoms with Crippen LogP contribution in [-0.4, -0.2) is 5.78 Å². The summed E-state index contributed by atoms with van der Waals surface area (Å²) in [7, 11) is 0. The molecular weight excluding hydrogens is 315 g/mol. The zero-order chi connectivity index (χ0) is 13.1. The maximum atomic E-state index is 13.8. The van der Waals surface area contributed by atoms with Crippen molar-refractivity contribution in [3.05, 3.63) is 58.3 Å². The molecule has 0 atom stereocenters. The molecule has 2 aromatic rings. The van der Waals surface area contributed by atoms with Gasteiger partial charge in [-0.15, -0.1) is 0 Å². The Balaban J connectivity index is 2.39. The molecule has 0 saturated heterocycles. The van der Waals surface area contributed by atoms with E-state index >= 15 is 0 Å². The van der Waals surface area contributed by atoms with Crippen LogP contribution in [0.3, 0.4) is 0 Å². The molecule has 0 heterocycles. The van der Waals surface area contributed by atoms with Crippen molar-refractivity contribution in [3.8, 4) is 0 Å². The molecule has 0 aliphatic heterocycles. The van der Waals surface area contributed by atoms with Gasteiger partial charge < -0.3 is 0 Å². The second-order valence-corrected chi connectivity index (χ2v) is 5.73. The lowest BCUT2D eigenvalue weighted by atomic mass is 10.1. The number of benzene rings is 2. The van der Waals surface area contributed by atoms with Crippen molar-refractivity contribution in [2.24, 2.45) is 0 Å². The fraction of sp³-hybridized carbons (Fsp3) is 0.0714. The lowest BCUT2D eigenvalue weighted by Gasteiger charge is -2.07. The van der Waals surface area contributed by atoms with E-state index in [1.807, 2.05) is 24.3 Å². The number of halogens is 2. The quantitative estimate of drug-likeness (QED) is 0.744. The van der Waals surface area contributed by atoms with E-state index in [4.69, 9.17) is 0 Å². The van der Waals surface area contributed by atoms with E-state index in [9.17, 15) is 9.18 Å². The highest BCUT2D eigenvalue weighted by molar-refractivity contribution is 9.10. The fourth-order valence-electron chi connectivity index (χ4n) is 1.51. The average molecular weight is 325 g/mol. The summed E-state index contributed by atoms with van der Waals surface area (Å²) < 4.78 is 14.8. The molecule has 0 aliphatic carbocycles. The van der Waals surface area contributed by atoms with E-state index in [1.54, 1.807) is 12.1 Å². The molecule has 0 spiro atoms. The van der Waals surface area contributed by atoms with Crippen molar-refractivity contribution in [1.29, 1.82) is 0 Å². The van der Waals surface area contributed by atoms with E-state index in [0.717, 1.165) is 9.37 Å². The van der Waals surface area contributed by atoms with Gasteiger partial charge in [0.1, 0.15) is 5.82 Å². The molecule has 0 saturated carbocycles. The standard InChI is InChI=1S/C14H10BrFOS/c1-9(17)12-3-2-4-13(16)14(12)18-11-7-5-10(15)6-8-11/h2-8H,1H3. The molecular formula is C14H10BrFOS. The third kappa shape index (κ3) is 3.00. The first-order chi connectivity index (χ1) is 8.58. The van der Waals surface area contributed by atoms with E-state index in [1.165, 1.54) is 24.8 Å². The van der Waals surface area contributed by atoms with E-state index in [2.05, 4.69) is 15.9 Å². The average Bonchev–Trinajstić information content (AvgIpc) is 2.34. The molecule has 2 rings (SSSR count). The van der Waals surface area contributed by atoms with Gasteiger partial charge in [-0.25, -0.2) is 4.39 Å². The lowest BCUT2D eigenvalue weighted by Crippen LogP contribution is -1.97. The van der Waals surface area contributed by atoms with Gasteiger partial charge in [0.2, 0.25) is 0 Å². The molecule has 0 aliphatic rings. The van der Waals surface area contributed by atoms with Gasteiger partial charge in [0.05, 0.1) is 4.90 Å². The van der Waals surface area contributed by atoms with Crippen LogP contribution in [0.1, 0.15) is 17.3 Å². The molecule has 1 nitrogen and oxygen atoms in total. The zero-order valence-electron chi connectivity index (χ0n) is 9.61. The Kier molecular flexibility index (Phi) is 4.19. The maximum absolute atomic E-state index is 13.8. The van der Waals surface area contributed by atoms with Crippen LogP contribution < -0.4 is 0 Å². The first-order valence-electron chi connectivity index (χ1n) is 5.31. The number of carbonyl (C=O) groups is 1. The number of ketones is 1. The second-order valence-electron chi connectivity index (χ2n) is 3.73. The summed E-state index contributed by atoms with van der Waals surface area (Å²) in [6.07, 6.45) is 0. The maximum Gasteiger partial charge on any atom is 0.161 e. The third-order valence-corrected chi connectivity index (χ3v) is 4.04. The molecule has 0 aromatic heterocycles. The summed E-state index contributed by atoms with van der Waals surface area (Å²) >= 11 is 4.61. The van der Waals surface area contributed by atoms with Gasteiger partial charge in [0.15, 0.2) is 5.78 Å². The first-order valence-corrected chi connectivity index (χ1v) is 6.92. The number of Topliss-reactive ketones (excluding diaryl/α,β-unsaturated/α-hetero) is 1. The van der Waals surface area contributed by atoms with Crippen LogP contribution in [-0.2, 0) is 0 Å². The van der Waals surface area contributed by atoms with Gasteiger partial charge in [-0.05, 0) is 37.3 Å². The zero-order valence-corrected chi connectivity index (χ0v) is 12.0. The Hall–Kier alpha value is -1.13. The van der Waals surface area contributed by atoms with Crippen LogP contribution >= 0.6 is 27.7 Å². The minimum absolute atomic E-state index is 0.130. The van der Waals surface area contributed by atoms with Gasteiger partial charge in [-0.3, -0.25) is 4.79 Å². The van der Waals surface area contributed by atoms with E-state index in [-0.39, 0.29) is 11.6 Å². The van der Waals surface area contributed by atoms with Gasteiger partial charge >= 0.3 is 0 Å². The van der Waals surface area contributed by atoms with Gasteiger partial charge in [0, 0.05) is 14.9 Å². The van der Waals surface area contributed by atoms with Crippen LogP contribution in [0.2, 0.25) is 0 Å². The van der Waals surface area contributed by atoms with Gasteiger partial charge in [-0.1, -0.05) is 39.8 Å². The summed E-state index contributed by atoms with van der Waals surface area (Å²) in [5.41, 5.74) is 0.419. The summed E-state index contributed by atoms with van der Waals surface area (Å²) in [6, 6.07) is 12.1. The summed E-state index contributed by atoms with van der Waals surface area (Å²) in [6.45, 7) is 1.44. The van der Waals surface area contributed by atoms with E-state index < -0.39 is 0 Å². The molecule has 0 bridgehead atoms. The minimum Gasteiger partial charge on any atom is -0.294 e. The smallest absolute Gasteiger partial charge is 0.161 e. The van der Waals surface area contributed by atoms with Crippen LogP contribution in [0.15, 0.2) is 56.7 Å². The Morgan fingerprint density at radius 3 is 2.44 bits per heavy atom. The van der Waals surface area contributed by atoms with Crippen molar-refractivity contribution in [1.82, 2.24) is 0 Å². The van der Waals surface area contributed by atoms with Gasteiger partial charge in [-0.2, -0.15) is 0 Å². The molecule has 0 amide bonds. The molecule has 4 heteroatoms. The van der Waals surface area contributed by atoms with Crippen molar-refractivity contribution in [2.45, 2.75) is 16.7 Å². The Morgan fingerprint density at radius 1 is 1.17 bits per heavy atom. The van der Waals surface area contributed by atoms with Crippen LogP contribution in [0.25, 0.3) is 0 Å². The Labute approximate surface area is 118 Å². The molecule has 18 heavy (non-hydrogen) atoms. The van der Waals surface area contributed by atoms with Crippen LogP contribution in [0.4, 0.5) is 4.39 Å². The predicted octanol–water partition coefficient (Wildman–Crippen LogP) is 4.94. The predicted molar refractivity (Wildman–Crippen MR) is 74.7 cm³/mol. The summed E-state index contributed by atoms with van der Waals surface area (Å²) in [5.74, 6) is -0.496. The monoisotopic (exact) mass is 324 g/mol. The molecule has 92 valence electrons. The lowest BCUT2D eigenvalue weighted by molar-refractivity contribution is 0.101. The largest absolute Gasteiger partial charge is 0.294 e. The highest BCUT2D eigenvalue weighted by Crippen LogP contribution is 2.33. The van der Waals surface area contributed by atoms with Crippen molar-refractivity contribution < 1.29 is 9.18 Å². The highest BCUT2D eigenvalue weighted by Gasteiger charge is 2.13. The summed E-state index contributed by atoms with van der Waals surface area (Å²) in [5, 5.41) is 0. The third-order valence-electron chi connectivity index (χ3n) is 2.38. The molecule has 0 unspecified atom stereocenters. The van der Waals surface area contributed by atoms with E-state index in [0.29, 0.717) is 10.5 Å². The van der Waals surface area contributed by atoms with Crippen molar-refractivity contribution >= 4 is 33.5 Å². The SMILES string of the molecule is CC(=O)c1cccc(F)c1Sc1ccc(Br)cc1. The number of rotatable bonds is 3. The fourth-order valence-corrected chi connectivity index (χ4v) is 2.77. The van der Waals surface area contributed by atoms with Crippen LogP contribution in [0, 0.1) is 5.82 Å². The second kappa shape index (κ2) is 5.67. The summed E-state index contributed by atoms with van der Waals surface area (Å²) in [4.78, 5) is 12.8. The highest BCUT2D eigenvalue weighted by atomic mass is 79.9. The molecule has 0 radical (unpaired) electrons. The van der Waals surface area contributed by atoms with Crippen LogP contribution in [0.5, 0.6) is 0 Å². The molecule has 0 N–H and O–H groups in total.